The maximum atomic E-state index is 8.93. The van der Waals surface area contributed by atoms with E-state index in [1.54, 1.807) is 0 Å². The van der Waals surface area contributed by atoms with Crippen LogP contribution in [0, 0.1) is 11.3 Å². The van der Waals surface area contributed by atoms with Crippen molar-refractivity contribution in [3.8, 4) is 6.07 Å². The van der Waals surface area contributed by atoms with Gasteiger partial charge in [-0.2, -0.15) is 5.26 Å². The highest BCUT2D eigenvalue weighted by Gasteiger charge is 2.27. The highest BCUT2D eigenvalue weighted by molar-refractivity contribution is 5.34. The van der Waals surface area contributed by atoms with Crippen molar-refractivity contribution in [2.75, 3.05) is 13.2 Å². The van der Waals surface area contributed by atoms with E-state index >= 15 is 0 Å². The van der Waals surface area contributed by atoms with Gasteiger partial charge in [-0.15, -0.1) is 0 Å². The summed E-state index contributed by atoms with van der Waals surface area (Å²) in [6.45, 7) is 6.01. The van der Waals surface area contributed by atoms with Gasteiger partial charge in [0.25, 0.3) is 0 Å². The largest absolute Gasteiger partial charge is 0.372 e. The molecule has 0 bridgehead atoms. The molecule has 1 aliphatic heterocycles. The molecule has 0 aliphatic carbocycles. The topological polar surface area (TPSA) is 45.0 Å². The molecule has 1 aliphatic rings. The van der Waals surface area contributed by atoms with E-state index in [4.69, 9.17) is 10.00 Å². The predicted octanol–water partition coefficient (Wildman–Crippen LogP) is 2.78. The third-order valence-electron chi connectivity index (χ3n) is 3.85. The van der Waals surface area contributed by atoms with Gasteiger partial charge in [-0.25, -0.2) is 0 Å². The van der Waals surface area contributed by atoms with Crippen molar-refractivity contribution in [2.45, 2.75) is 38.3 Å². The Kier molecular flexibility index (Phi) is 4.00. The molecule has 1 saturated heterocycles. The van der Waals surface area contributed by atoms with Gasteiger partial charge in [-0.3, -0.25) is 0 Å². The number of ether oxygens (including phenoxy) is 1. The van der Waals surface area contributed by atoms with E-state index in [2.05, 4.69) is 25.2 Å². The quantitative estimate of drug-likeness (QED) is 0.870. The zero-order valence-electron chi connectivity index (χ0n) is 11.1. The molecule has 2 atom stereocenters. The second-order valence-corrected chi connectivity index (χ2v) is 5.14. The van der Waals surface area contributed by atoms with Gasteiger partial charge >= 0.3 is 0 Å². The maximum Gasteiger partial charge on any atom is 0.0991 e. The molecule has 0 spiro atoms. The van der Waals surface area contributed by atoms with Crippen molar-refractivity contribution in [3.05, 3.63) is 35.4 Å². The normalized spacial score (nSPS) is 28.4. The number of nitrogens with zero attached hydrogens (tertiary/aromatic N) is 1. The standard InChI is InChI=1S/C15H20N2O/c1-3-15(2)7-8-18-14(11-17-15)13-6-4-5-12(9-13)10-16/h4-6,9,14,17H,3,7-8,11H2,1-2H3. The van der Waals surface area contributed by atoms with Crippen LogP contribution in [0.15, 0.2) is 24.3 Å². The monoisotopic (exact) mass is 244 g/mol. The van der Waals surface area contributed by atoms with Crippen molar-refractivity contribution in [2.24, 2.45) is 0 Å². The summed E-state index contributed by atoms with van der Waals surface area (Å²) in [4.78, 5) is 0. The lowest BCUT2D eigenvalue weighted by Crippen LogP contribution is -2.42. The Morgan fingerprint density at radius 1 is 1.56 bits per heavy atom. The van der Waals surface area contributed by atoms with Crippen LogP contribution in [-0.2, 0) is 4.74 Å². The summed E-state index contributed by atoms with van der Waals surface area (Å²) in [5.74, 6) is 0. The second-order valence-electron chi connectivity index (χ2n) is 5.14. The minimum atomic E-state index is 0.0478. The van der Waals surface area contributed by atoms with Crippen molar-refractivity contribution >= 4 is 0 Å². The van der Waals surface area contributed by atoms with Crippen LogP contribution in [0.5, 0.6) is 0 Å². The Morgan fingerprint density at radius 2 is 2.39 bits per heavy atom. The van der Waals surface area contributed by atoms with Crippen LogP contribution in [-0.4, -0.2) is 18.7 Å². The Bertz CT molecular complexity index is 452. The second kappa shape index (κ2) is 5.51. The van der Waals surface area contributed by atoms with Gasteiger partial charge in [-0.05, 0) is 37.5 Å². The molecule has 1 heterocycles. The number of nitrogens with one attached hydrogen (secondary N) is 1. The smallest absolute Gasteiger partial charge is 0.0991 e. The third-order valence-corrected chi connectivity index (χ3v) is 3.85. The Labute approximate surface area is 109 Å². The average Bonchev–Trinajstić information content (AvgIpc) is 2.62. The van der Waals surface area contributed by atoms with E-state index in [0.717, 1.165) is 31.6 Å². The lowest BCUT2D eigenvalue weighted by atomic mass is 9.95. The minimum Gasteiger partial charge on any atom is -0.372 e. The van der Waals surface area contributed by atoms with Crippen LogP contribution in [0.2, 0.25) is 0 Å². The van der Waals surface area contributed by atoms with E-state index in [0.29, 0.717) is 5.56 Å². The van der Waals surface area contributed by atoms with Crippen LogP contribution in [0.3, 0.4) is 0 Å². The number of hydrogen-bond acceptors (Lipinski definition) is 3. The van der Waals surface area contributed by atoms with Crippen LogP contribution in [0.4, 0.5) is 0 Å². The van der Waals surface area contributed by atoms with Gasteiger partial charge in [0.15, 0.2) is 0 Å². The lowest BCUT2D eigenvalue weighted by Gasteiger charge is -2.27. The van der Waals surface area contributed by atoms with Crippen molar-refractivity contribution < 1.29 is 4.74 Å². The molecule has 0 saturated carbocycles. The van der Waals surface area contributed by atoms with Gasteiger partial charge in [0, 0.05) is 18.7 Å². The Morgan fingerprint density at radius 3 is 3.11 bits per heavy atom. The first kappa shape index (κ1) is 13.1. The molecule has 3 nitrogen and oxygen atoms in total. The molecular formula is C15H20N2O. The Balaban J connectivity index is 2.12. The molecule has 1 N–H and O–H groups in total. The van der Waals surface area contributed by atoms with Crippen molar-refractivity contribution in [1.82, 2.24) is 5.32 Å². The molecule has 2 unspecified atom stereocenters. The molecule has 96 valence electrons. The van der Waals surface area contributed by atoms with Crippen molar-refractivity contribution in [3.63, 3.8) is 0 Å². The SMILES string of the molecule is CCC1(C)CCOC(c2cccc(C#N)c2)CN1. The molecule has 0 aromatic heterocycles. The zero-order valence-corrected chi connectivity index (χ0v) is 11.1. The van der Waals surface area contributed by atoms with Gasteiger partial charge in [0.2, 0.25) is 0 Å². The van der Waals surface area contributed by atoms with E-state index in [9.17, 15) is 0 Å². The molecule has 1 fully saturated rings. The van der Waals surface area contributed by atoms with Gasteiger partial charge in [0.1, 0.15) is 0 Å². The van der Waals surface area contributed by atoms with E-state index in [1.807, 2.05) is 24.3 Å². The highest BCUT2D eigenvalue weighted by atomic mass is 16.5. The van der Waals surface area contributed by atoms with E-state index in [1.165, 1.54) is 0 Å². The average molecular weight is 244 g/mol. The molecule has 18 heavy (non-hydrogen) atoms. The van der Waals surface area contributed by atoms with Gasteiger partial charge in [-0.1, -0.05) is 19.1 Å². The first-order valence-corrected chi connectivity index (χ1v) is 6.53. The molecular weight excluding hydrogens is 224 g/mol. The summed E-state index contributed by atoms with van der Waals surface area (Å²) in [6.07, 6.45) is 2.17. The van der Waals surface area contributed by atoms with Crippen LogP contribution < -0.4 is 5.32 Å². The number of nitriles is 1. The first-order chi connectivity index (χ1) is 8.67. The van der Waals surface area contributed by atoms with Crippen LogP contribution in [0.25, 0.3) is 0 Å². The minimum absolute atomic E-state index is 0.0478. The molecule has 0 amide bonds. The number of rotatable bonds is 2. The summed E-state index contributed by atoms with van der Waals surface area (Å²) in [7, 11) is 0. The number of benzene rings is 1. The fourth-order valence-corrected chi connectivity index (χ4v) is 2.24. The number of hydrogen-bond donors (Lipinski definition) is 1. The summed E-state index contributed by atoms with van der Waals surface area (Å²) < 4.78 is 5.91. The first-order valence-electron chi connectivity index (χ1n) is 6.53. The predicted molar refractivity (Wildman–Crippen MR) is 71.2 cm³/mol. The van der Waals surface area contributed by atoms with Crippen molar-refractivity contribution in [1.29, 1.82) is 5.26 Å². The third kappa shape index (κ3) is 2.90. The van der Waals surface area contributed by atoms with Crippen LogP contribution in [0.1, 0.15) is 43.9 Å². The highest BCUT2D eigenvalue weighted by Crippen LogP contribution is 2.25. The Hall–Kier alpha value is -1.37. The fourth-order valence-electron chi connectivity index (χ4n) is 2.24. The molecule has 1 aromatic rings. The van der Waals surface area contributed by atoms with E-state index in [-0.39, 0.29) is 11.6 Å². The van der Waals surface area contributed by atoms with E-state index < -0.39 is 0 Å². The fraction of sp³-hybridized carbons (Fsp3) is 0.533. The maximum absolute atomic E-state index is 8.93. The zero-order chi connectivity index (χ0) is 13.0. The lowest BCUT2D eigenvalue weighted by molar-refractivity contribution is 0.0653. The van der Waals surface area contributed by atoms with Gasteiger partial charge < -0.3 is 10.1 Å². The molecule has 0 radical (unpaired) electrons. The van der Waals surface area contributed by atoms with Crippen LogP contribution >= 0.6 is 0 Å². The molecule has 1 aromatic carbocycles. The summed E-state index contributed by atoms with van der Waals surface area (Å²) in [5.41, 5.74) is 1.95. The summed E-state index contributed by atoms with van der Waals surface area (Å²) in [6, 6.07) is 9.86. The van der Waals surface area contributed by atoms with Gasteiger partial charge in [0.05, 0.1) is 17.7 Å². The molecule has 3 heteroatoms. The summed E-state index contributed by atoms with van der Waals surface area (Å²) >= 11 is 0. The molecule has 2 rings (SSSR count). The summed E-state index contributed by atoms with van der Waals surface area (Å²) in [5, 5.41) is 12.5.